The van der Waals surface area contributed by atoms with Crippen LogP contribution in [0.1, 0.15) is 13.3 Å². The van der Waals surface area contributed by atoms with Crippen molar-refractivity contribution in [2.45, 2.75) is 13.3 Å². The summed E-state index contributed by atoms with van der Waals surface area (Å²) in [5.41, 5.74) is 0.663. The fourth-order valence-electron chi connectivity index (χ4n) is 1.46. The standard InChI is InChI=1S/C11H12FNO/c1-7-6-10(7)11(14)13-9-4-2-8(12)3-5-9/h2-5,7,10H,6H2,1H3,(H,13,14)/t7-,10-/m1/s1. The van der Waals surface area contributed by atoms with Crippen molar-refractivity contribution in [2.75, 3.05) is 5.32 Å². The second-order valence-electron chi connectivity index (χ2n) is 3.82. The topological polar surface area (TPSA) is 29.1 Å². The van der Waals surface area contributed by atoms with Crippen LogP contribution in [0.5, 0.6) is 0 Å². The highest BCUT2D eigenvalue weighted by atomic mass is 19.1. The Balaban J connectivity index is 1.97. The molecule has 1 amide bonds. The van der Waals surface area contributed by atoms with E-state index in [9.17, 15) is 9.18 Å². The third-order valence-electron chi connectivity index (χ3n) is 2.56. The Kier molecular flexibility index (Phi) is 2.23. The number of carbonyl (C=O) groups excluding carboxylic acids is 1. The maximum absolute atomic E-state index is 12.5. The van der Waals surface area contributed by atoms with Crippen molar-refractivity contribution in [3.05, 3.63) is 30.1 Å². The zero-order valence-corrected chi connectivity index (χ0v) is 7.96. The van der Waals surface area contributed by atoms with Gasteiger partial charge in [-0.2, -0.15) is 0 Å². The minimum atomic E-state index is -0.289. The lowest BCUT2D eigenvalue weighted by Crippen LogP contribution is -2.14. The van der Waals surface area contributed by atoms with E-state index in [0.717, 1.165) is 6.42 Å². The molecular weight excluding hydrogens is 181 g/mol. The third-order valence-corrected chi connectivity index (χ3v) is 2.56. The molecule has 14 heavy (non-hydrogen) atoms. The van der Waals surface area contributed by atoms with Gasteiger partial charge in [0.25, 0.3) is 0 Å². The molecule has 74 valence electrons. The number of amides is 1. The maximum atomic E-state index is 12.5. The van der Waals surface area contributed by atoms with Crippen LogP contribution < -0.4 is 5.32 Å². The summed E-state index contributed by atoms with van der Waals surface area (Å²) in [7, 11) is 0. The van der Waals surface area contributed by atoms with Crippen molar-refractivity contribution in [3.8, 4) is 0 Å². The molecule has 1 N–H and O–H groups in total. The van der Waals surface area contributed by atoms with Gasteiger partial charge < -0.3 is 5.32 Å². The van der Waals surface area contributed by atoms with Gasteiger partial charge in [-0.05, 0) is 36.6 Å². The van der Waals surface area contributed by atoms with Gasteiger partial charge in [0.1, 0.15) is 5.82 Å². The first-order chi connectivity index (χ1) is 6.66. The van der Waals surface area contributed by atoms with Crippen LogP contribution in [-0.2, 0) is 4.79 Å². The van der Waals surface area contributed by atoms with Gasteiger partial charge in [0, 0.05) is 11.6 Å². The van der Waals surface area contributed by atoms with E-state index in [4.69, 9.17) is 0 Å². The lowest BCUT2D eigenvalue weighted by molar-refractivity contribution is -0.117. The molecule has 2 rings (SSSR count). The van der Waals surface area contributed by atoms with Crippen molar-refractivity contribution in [3.63, 3.8) is 0 Å². The number of rotatable bonds is 2. The van der Waals surface area contributed by atoms with Crippen LogP contribution >= 0.6 is 0 Å². The average Bonchev–Trinajstić information content (AvgIpc) is 2.87. The molecule has 2 atom stereocenters. The number of halogens is 1. The van der Waals surface area contributed by atoms with Crippen LogP contribution in [0.25, 0.3) is 0 Å². The molecule has 1 aromatic carbocycles. The van der Waals surface area contributed by atoms with E-state index < -0.39 is 0 Å². The van der Waals surface area contributed by atoms with Gasteiger partial charge in [-0.15, -0.1) is 0 Å². The van der Waals surface area contributed by atoms with E-state index in [-0.39, 0.29) is 17.6 Å². The molecule has 0 saturated heterocycles. The first-order valence-corrected chi connectivity index (χ1v) is 4.73. The lowest BCUT2D eigenvalue weighted by atomic mass is 10.2. The Hall–Kier alpha value is -1.38. The van der Waals surface area contributed by atoms with Crippen molar-refractivity contribution in [2.24, 2.45) is 11.8 Å². The van der Waals surface area contributed by atoms with Gasteiger partial charge in [0.15, 0.2) is 0 Å². The van der Waals surface area contributed by atoms with E-state index >= 15 is 0 Å². The van der Waals surface area contributed by atoms with Gasteiger partial charge in [-0.3, -0.25) is 4.79 Å². The first-order valence-electron chi connectivity index (χ1n) is 4.73. The Bertz CT molecular complexity index is 347. The zero-order valence-electron chi connectivity index (χ0n) is 7.96. The number of hydrogen-bond acceptors (Lipinski definition) is 1. The van der Waals surface area contributed by atoms with Gasteiger partial charge in [0.2, 0.25) is 5.91 Å². The van der Waals surface area contributed by atoms with Crippen LogP contribution in [0.3, 0.4) is 0 Å². The largest absolute Gasteiger partial charge is 0.326 e. The number of carbonyl (C=O) groups is 1. The minimum absolute atomic E-state index is 0.0455. The summed E-state index contributed by atoms with van der Waals surface area (Å²) in [6.07, 6.45) is 0.965. The SMILES string of the molecule is C[C@@H]1C[C@H]1C(=O)Nc1ccc(F)cc1. The van der Waals surface area contributed by atoms with Gasteiger partial charge in [-0.1, -0.05) is 6.92 Å². The molecule has 0 heterocycles. The van der Waals surface area contributed by atoms with Gasteiger partial charge in [-0.25, -0.2) is 4.39 Å². The Morgan fingerprint density at radius 1 is 1.43 bits per heavy atom. The van der Waals surface area contributed by atoms with E-state index in [0.29, 0.717) is 11.6 Å². The summed E-state index contributed by atoms with van der Waals surface area (Å²) in [6, 6.07) is 5.82. The summed E-state index contributed by atoms with van der Waals surface area (Å²) < 4.78 is 12.5. The number of nitrogens with one attached hydrogen (secondary N) is 1. The van der Waals surface area contributed by atoms with Gasteiger partial charge in [0.05, 0.1) is 0 Å². The predicted octanol–water partition coefficient (Wildman–Crippen LogP) is 2.42. The fourth-order valence-corrected chi connectivity index (χ4v) is 1.46. The summed E-state index contributed by atoms with van der Waals surface area (Å²) in [5, 5.41) is 2.76. The van der Waals surface area contributed by atoms with Crippen LogP contribution in [0, 0.1) is 17.7 Å². The number of anilines is 1. The van der Waals surface area contributed by atoms with Gasteiger partial charge >= 0.3 is 0 Å². The first kappa shape index (κ1) is 9.19. The van der Waals surface area contributed by atoms with E-state index in [2.05, 4.69) is 12.2 Å². The average molecular weight is 193 g/mol. The highest BCUT2D eigenvalue weighted by Crippen LogP contribution is 2.38. The molecule has 1 aliphatic carbocycles. The molecule has 0 aromatic heterocycles. The van der Waals surface area contributed by atoms with Crippen LogP contribution in [0.2, 0.25) is 0 Å². The molecule has 1 saturated carbocycles. The second kappa shape index (κ2) is 3.40. The lowest BCUT2D eigenvalue weighted by Gasteiger charge is -2.03. The molecule has 1 aromatic rings. The highest BCUT2D eigenvalue weighted by Gasteiger charge is 2.38. The molecule has 3 heteroatoms. The van der Waals surface area contributed by atoms with Crippen LogP contribution in [-0.4, -0.2) is 5.91 Å². The molecule has 0 spiro atoms. The smallest absolute Gasteiger partial charge is 0.227 e. The Morgan fingerprint density at radius 2 is 2.00 bits per heavy atom. The summed E-state index contributed by atoms with van der Waals surface area (Å²) in [4.78, 5) is 11.5. The molecule has 0 aliphatic heterocycles. The minimum Gasteiger partial charge on any atom is -0.326 e. The third kappa shape index (κ3) is 1.92. The zero-order chi connectivity index (χ0) is 10.1. The molecule has 2 nitrogen and oxygen atoms in total. The monoisotopic (exact) mass is 193 g/mol. The molecule has 0 unspecified atom stereocenters. The van der Waals surface area contributed by atoms with Crippen molar-refractivity contribution < 1.29 is 9.18 Å². The van der Waals surface area contributed by atoms with Crippen LogP contribution in [0.4, 0.5) is 10.1 Å². The fraction of sp³-hybridized carbons (Fsp3) is 0.364. The second-order valence-corrected chi connectivity index (χ2v) is 3.82. The summed E-state index contributed by atoms with van der Waals surface area (Å²) in [6.45, 7) is 2.05. The molecule has 1 fully saturated rings. The number of benzene rings is 1. The van der Waals surface area contributed by atoms with Crippen molar-refractivity contribution >= 4 is 11.6 Å². The Labute approximate surface area is 82.1 Å². The van der Waals surface area contributed by atoms with Crippen LogP contribution in [0.15, 0.2) is 24.3 Å². The van der Waals surface area contributed by atoms with Crippen molar-refractivity contribution in [1.82, 2.24) is 0 Å². The van der Waals surface area contributed by atoms with Crippen molar-refractivity contribution in [1.29, 1.82) is 0 Å². The Morgan fingerprint density at radius 3 is 2.50 bits per heavy atom. The highest BCUT2D eigenvalue weighted by molar-refractivity contribution is 5.94. The normalized spacial score (nSPS) is 24.4. The van der Waals surface area contributed by atoms with E-state index in [1.807, 2.05) is 0 Å². The quantitative estimate of drug-likeness (QED) is 0.767. The predicted molar refractivity (Wildman–Crippen MR) is 52.3 cm³/mol. The maximum Gasteiger partial charge on any atom is 0.227 e. The summed E-state index contributed by atoms with van der Waals surface area (Å²) >= 11 is 0. The molecular formula is C11H12FNO. The van der Waals surface area contributed by atoms with E-state index in [1.165, 1.54) is 12.1 Å². The molecule has 0 bridgehead atoms. The summed E-state index contributed by atoms with van der Waals surface area (Å²) in [5.74, 6) is 0.405. The van der Waals surface area contributed by atoms with E-state index in [1.54, 1.807) is 12.1 Å². The molecule has 0 radical (unpaired) electrons. The number of hydrogen-bond donors (Lipinski definition) is 1. The molecule has 1 aliphatic rings.